The number of carbonyl (C=O) groups is 1. The molecular formula is C20H25N5O3. The van der Waals surface area contributed by atoms with Crippen molar-refractivity contribution in [1.82, 2.24) is 10.2 Å². The molecule has 0 aliphatic carbocycles. The minimum atomic E-state index is 0.0322. The summed E-state index contributed by atoms with van der Waals surface area (Å²) in [4.78, 5) is 14.6. The van der Waals surface area contributed by atoms with Gasteiger partial charge in [0.15, 0.2) is 5.82 Å². The smallest absolute Gasteiger partial charge is 0.227 e. The van der Waals surface area contributed by atoms with Crippen LogP contribution in [0.4, 0.5) is 22.9 Å². The van der Waals surface area contributed by atoms with E-state index in [0.717, 1.165) is 56.2 Å². The standard InChI is InChI=1S/C20H25N5O3/c26-20(15-5-9-27-10-6-15)23-17-3-1-16(2-4-17)22-19-13-18(14-21-24-19)25-7-11-28-12-8-25/h1-4,13-15H,5-12H2,(H,22,24)(H,23,26). The molecule has 148 valence electrons. The van der Waals surface area contributed by atoms with Crippen LogP contribution >= 0.6 is 0 Å². The van der Waals surface area contributed by atoms with Crippen molar-refractivity contribution in [2.75, 3.05) is 55.1 Å². The SMILES string of the molecule is O=C(Nc1ccc(Nc2cc(N3CCOCC3)cnn2)cc1)C1CCOCC1. The Labute approximate surface area is 164 Å². The van der Waals surface area contributed by atoms with Crippen molar-refractivity contribution in [3.8, 4) is 0 Å². The van der Waals surface area contributed by atoms with Crippen LogP contribution in [0.25, 0.3) is 0 Å². The van der Waals surface area contributed by atoms with Crippen LogP contribution in [0.2, 0.25) is 0 Å². The Morgan fingerprint density at radius 3 is 2.43 bits per heavy atom. The number of ether oxygens (including phenoxy) is 2. The predicted molar refractivity (Wildman–Crippen MR) is 107 cm³/mol. The van der Waals surface area contributed by atoms with Crippen LogP contribution in [-0.2, 0) is 14.3 Å². The fraction of sp³-hybridized carbons (Fsp3) is 0.450. The van der Waals surface area contributed by atoms with Crippen molar-refractivity contribution in [2.45, 2.75) is 12.8 Å². The van der Waals surface area contributed by atoms with Gasteiger partial charge in [-0.25, -0.2) is 0 Å². The van der Waals surface area contributed by atoms with E-state index in [9.17, 15) is 4.79 Å². The number of morpholine rings is 1. The third-order valence-electron chi connectivity index (χ3n) is 5.03. The van der Waals surface area contributed by atoms with E-state index in [2.05, 4.69) is 25.7 Å². The number of benzene rings is 1. The van der Waals surface area contributed by atoms with Crippen LogP contribution in [-0.4, -0.2) is 55.6 Å². The van der Waals surface area contributed by atoms with Crippen molar-refractivity contribution in [2.24, 2.45) is 5.92 Å². The Morgan fingerprint density at radius 2 is 1.68 bits per heavy atom. The van der Waals surface area contributed by atoms with Gasteiger partial charge < -0.3 is 25.0 Å². The molecule has 2 N–H and O–H groups in total. The first-order chi connectivity index (χ1) is 13.8. The van der Waals surface area contributed by atoms with Crippen molar-refractivity contribution in [1.29, 1.82) is 0 Å². The molecule has 0 saturated carbocycles. The lowest BCUT2D eigenvalue weighted by Crippen LogP contribution is -2.36. The number of aromatic nitrogens is 2. The molecule has 0 atom stereocenters. The molecule has 0 unspecified atom stereocenters. The van der Waals surface area contributed by atoms with Gasteiger partial charge in [-0.15, -0.1) is 5.10 Å². The normalized spacial score (nSPS) is 17.9. The molecule has 8 nitrogen and oxygen atoms in total. The Morgan fingerprint density at radius 1 is 1.00 bits per heavy atom. The lowest BCUT2D eigenvalue weighted by molar-refractivity contribution is -0.122. The minimum absolute atomic E-state index is 0.0322. The van der Waals surface area contributed by atoms with Gasteiger partial charge in [0.2, 0.25) is 5.91 Å². The van der Waals surface area contributed by atoms with E-state index >= 15 is 0 Å². The zero-order valence-corrected chi connectivity index (χ0v) is 15.8. The van der Waals surface area contributed by atoms with Gasteiger partial charge in [0.25, 0.3) is 0 Å². The van der Waals surface area contributed by atoms with E-state index in [-0.39, 0.29) is 11.8 Å². The summed E-state index contributed by atoms with van der Waals surface area (Å²) in [5.74, 6) is 0.779. The van der Waals surface area contributed by atoms with Crippen LogP contribution in [0.3, 0.4) is 0 Å². The summed E-state index contributed by atoms with van der Waals surface area (Å²) < 4.78 is 10.7. The maximum Gasteiger partial charge on any atom is 0.227 e. The van der Waals surface area contributed by atoms with Gasteiger partial charge in [-0.3, -0.25) is 4.79 Å². The lowest BCUT2D eigenvalue weighted by Gasteiger charge is -2.28. The molecule has 0 spiro atoms. The first-order valence-electron chi connectivity index (χ1n) is 9.69. The fourth-order valence-corrected chi connectivity index (χ4v) is 3.40. The summed E-state index contributed by atoms with van der Waals surface area (Å²) in [6.45, 7) is 4.48. The molecule has 2 aromatic rings. The average molecular weight is 383 g/mol. The maximum atomic E-state index is 12.3. The van der Waals surface area contributed by atoms with Gasteiger partial charge in [0.05, 0.1) is 25.1 Å². The predicted octanol–water partition coefficient (Wildman–Crippen LogP) is 2.42. The first-order valence-corrected chi connectivity index (χ1v) is 9.69. The molecular weight excluding hydrogens is 358 g/mol. The Balaban J connectivity index is 1.36. The molecule has 2 aliphatic heterocycles. The maximum absolute atomic E-state index is 12.3. The second-order valence-corrected chi connectivity index (χ2v) is 6.98. The Bertz CT molecular complexity index is 787. The molecule has 0 bridgehead atoms. The number of carbonyl (C=O) groups excluding carboxylic acids is 1. The number of anilines is 4. The zero-order valence-electron chi connectivity index (χ0n) is 15.8. The highest BCUT2D eigenvalue weighted by atomic mass is 16.5. The molecule has 4 rings (SSSR count). The molecule has 3 heterocycles. The van der Waals surface area contributed by atoms with E-state index in [1.165, 1.54) is 0 Å². The highest BCUT2D eigenvalue weighted by molar-refractivity contribution is 5.92. The molecule has 1 aromatic heterocycles. The average Bonchev–Trinajstić information content (AvgIpc) is 2.76. The molecule has 2 aliphatic rings. The molecule has 2 fully saturated rings. The summed E-state index contributed by atoms with van der Waals surface area (Å²) in [5, 5.41) is 14.5. The number of rotatable bonds is 5. The summed E-state index contributed by atoms with van der Waals surface area (Å²) in [6.07, 6.45) is 3.33. The minimum Gasteiger partial charge on any atom is -0.381 e. The molecule has 1 aromatic carbocycles. The third-order valence-corrected chi connectivity index (χ3v) is 5.03. The van der Waals surface area contributed by atoms with Crippen LogP contribution in [0.1, 0.15) is 12.8 Å². The summed E-state index contributed by atoms with van der Waals surface area (Å²) in [6, 6.07) is 9.60. The molecule has 8 heteroatoms. The Hall–Kier alpha value is -2.71. The van der Waals surface area contributed by atoms with Gasteiger partial charge in [0.1, 0.15) is 0 Å². The van der Waals surface area contributed by atoms with Crippen LogP contribution in [0, 0.1) is 5.92 Å². The molecule has 0 radical (unpaired) electrons. The van der Waals surface area contributed by atoms with Crippen molar-refractivity contribution in [3.63, 3.8) is 0 Å². The lowest BCUT2D eigenvalue weighted by atomic mass is 9.99. The number of amides is 1. The molecule has 2 saturated heterocycles. The Kier molecular flexibility index (Phi) is 5.98. The van der Waals surface area contributed by atoms with E-state index in [1.807, 2.05) is 30.3 Å². The number of nitrogens with zero attached hydrogens (tertiary/aromatic N) is 3. The van der Waals surface area contributed by atoms with Gasteiger partial charge in [-0.05, 0) is 37.1 Å². The van der Waals surface area contributed by atoms with Crippen molar-refractivity contribution in [3.05, 3.63) is 36.5 Å². The van der Waals surface area contributed by atoms with Gasteiger partial charge in [0, 0.05) is 49.7 Å². The quantitative estimate of drug-likeness (QED) is 0.820. The monoisotopic (exact) mass is 383 g/mol. The van der Waals surface area contributed by atoms with Gasteiger partial charge >= 0.3 is 0 Å². The topological polar surface area (TPSA) is 88.6 Å². The summed E-state index contributed by atoms with van der Waals surface area (Å²) in [7, 11) is 0. The second kappa shape index (κ2) is 8.99. The van der Waals surface area contributed by atoms with E-state index in [1.54, 1.807) is 6.20 Å². The zero-order chi connectivity index (χ0) is 19.2. The summed E-state index contributed by atoms with van der Waals surface area (Å²) in [5.41, 5.74) is 2.70. The van der Waals surface area contributed by atoms with Crippen LogP contribution in [0.15, 0.2) is 36.5 Å². The molecule has 28 heavy (non-hydrogen) atoms. The van der Waals surface area contributed by atoms with Crippen LogP contribution in [0.5, 0.6) is 0 Å². The van der Waals surface area contributed by atoms with E-state index < -0.39 is 0 Å². The largest absolute Gasteiger partial charge is 0.381 e. The van der Waals surface area contributed by atoms with E-state index in [4.69, 9.17) is 9.47 Å². The van der Waals surface area contributed by atoms with Gasteiger partial charge in [-0.1, -0.05) is 0 Å². The number of hydrogen-bond acceptors (Lipinski definition) is 7. The molecule has 1 amide bonds. The van der Waals surface area contributed by atoms with Crippen LogP contribution < -0.4 is 15.5 Å². The third kappa shape index (κ3) is 4.76. The number of nitrogens with one attached hydrogen (secondary N) is 2. The van der Waals surface area contributed by atoms with Crippen molar-refractivity contribution < 1.29 is 14.3 Å². The van der Waals surface area contributed by atoms with Crippen molar-refractivity contribution >= 4 is 28.8 Å². The number of hydrogen-bond donors (Lipinski definition) is 2. The highest BCUT2D eigenvalue weighted by Gasteiger charge is 2.21. The highest BCUT2D eigenvalue weighted by Crippen LogP contribution is 2.22. The first kappa shape index (κ1) is 18.6. The summed E-state index contributed by atoms with van der Waals surface area (Å²) >= 11 is 0. The second-order valence-electron chi connectivity index (χ2n) is 6.98. The van der Waals surface area contributed by atoms with E-state index in [0.29, 0.717) is 19.0 Å². The fourth-order valence-electron chi connectivity index (χ4n) is 3.40. The van der Waals surface area contributed by atoms with Gasteiger partial charge in [-0.2, -0.15) is 5.10 Å².